The first-order chi connectivity index (χ1) is 8.16. The molecule has 17 heavy (non-hydrogen) atoms. The highest BCUT2D eigenvalue weighted by molar-refractivity contribution is 5.37. The van der Waals surface area contributed by atoms with Crippen molar-refractivity contribution in [3.05, 3.63) is 17.6 Å². The lowest BCUT2D eigenvalue weighted by Crippen LogP contribution is -2.43. The second-order valence-corrected chi connectivity index (χ2v) is 4.82. The second kappa shape index (κ2) is 5.42. The third-order valence-electron chi connectivity index (χ3n) is 3.04. The van der Waals surface area contributed by atoms with Gasteiger partial charge in [0.25, 0.3) is 0 Å². The van der Waals surface area contributed by atoms with Gasteiger partial charge in [-0.2, -0.15) is 0 Å². The van der Waals surface area contributed by atoms with E-state index in [2.05, 4.69) is 34.0 Å². The van der Waals surface area contributed by atoms with Gasteiger partial charge in [-0.3, -0.25) is 4.90 Å². The molecule has 0 saturated carbocycles. The molecule has 5 heteroatoms. The molecule has 0 spiro atoms. The Bertz CT molecular complexity index is 371. The number of aromatic nitrogens is 2. The van der Waals surface area contributed by atoms with E-state index in [9.17, 15) is 0 Å². The zero-order valence-corrected chi connectivity index (χ0v) is 10.6. The molecule has 1 fully saturated rings. The molecule has 0 aromatic carbocycles. The number of hydrogen-bond acceptors (Lipinski definition) is 5. The lowest BCUT2D eigenvalue weighted by Gasteiger charge is -2.27. The van der Waals surface area contributed by atoms with Crippen molar-refractivity contribution < 1.29 is 0 Å². The van der Waals surface area contributed by atoms with Crippen LogP contribution in [0.15, 0.2) is 6.20 Å². The Labute approximate surface area is 102 Å². The summed E-state index contributed by atoms with van der Waals surface area (Å²) in [6.45, 7) is 9.22. The van der Waals surface area contributed by atoms with E-state index in [1.807, 2.05) is 6.20 Å². The maximum absolute atomic E-state index is 5.98. The van der Waals surface area contributed by atoms with Gasteiger partial charge in [0.2, 0.25) is 0 Å². The van der Waals surface area contributed by atoms with Crippen LogP contribution in [0.1, 0.15) is 31.2 Å². The van der Waals surface area contributed by atoms with Gasteiger partial charge in [-0.1, -0.05) is 13.8 Å². The highest BCUT2D eigenvalue weighted by Gasteiger charge is 2.13. The van der Waals surface area contributed by atoms with Gasteiger partial charge in [0.05, 0.1) is 0 Å². The number of piperazine rings is 1. The molecule has 94 valence electrons. The first-order valence-corrected chi connectivity index (χ1v) is 6.21. The summed E-state index contributed by atoms with van der Waals surface area (Å²) in [6, 6.07) is 0. The van der Waals surface area contributed by atoms with Crippen LogP contribution in [0.25, 0.3) is 0 Å². The fraction of sp³-hybridized carbons (Fsp3) is 0.667. The van der Waals surface area contributed by atoms with Crippen LogP contribution in [-0.4, -0.2) is 41.0 Å². The summed E-state index contributed by atoms with van der Waals surface area (Å²) < 4.78 is 0. The Morgan fingerprint density at radius 1 is 1.41 bits per heavy atom. The van der Waals surface area contributed by atoms with Gasteiger partial charge in [0.1, 0.15) is 11.6 Å². The molecular formula is C12H21N5. The highest BCUT2D eigenvalue weighted by Crippen LogP contribution is 2.15. The van der Waals surface area contributed by atoms with Gasteiger partial charge in [0.15, 0.2) is 0 Å². The average molecular weight is 235 g/mol. The standard InChI is InChI=1S/C12H21N5/c1-9(2)12-15-7-10(11(13)16-12)8-17-5-3-14-4-6-17/h7,9,14H,3-6,8H2,1-2H3,(H2,13,15,16). The Hall–Kier alpha value is -1.20. The van der Waals surface area contributed by atoms with Crippen molar-refractivity contribution in [1.82, 2.24) is 20.2 Å². The van der Waals surface area contributed by atoms with Crippen molar-refractivity contribution in [3.8, 4) is 0 Å². The summed E-state index contributed by atoms with van der Waals surface area (Å²) in [5.41, 5.74) is 7.02. The SMILES string of the molecule is CC(C)c1ncc(CN2CCNCC2)c(N)n1. The van der Waals surface area contributed by atoms with Gasteiger partial charge in [-0.15, -0.1) is 0 Å². The molecule has 1 aromatic heterocycles. The molecule has 1 saturated heterocycles. The van der Waals surface area contributed by atoms with Crippen molar-refractivity contribution in [2.45, 2.75) is 26.3 Å². The third-order valence-corrected chi connectivity index (χ3v) is 3.04. The number of rotatable bonds is 3. The molecule has 0 unspecified atom stereocenters. The van der Waals surface area contributed by atoms with E-state index in [1.165, 1.54) is 0 Å². The van der Waals surface area contributed by atoms with Crippen LogP contribution in [0.3, 0.4) is 0 Å². The predicted molar refractivity (Wildman–Crippen MR) is 68.7 cm³/mol. The maximum atomic E-state index is 5.98. The Morgan fingerprint density at radius 3 is 2.71 bits per heavy atom. The topological polar surface area (TPSA) is 67.1 Å². The molecule has 2 rings (SSSR count). The number of nitrogens with two attached hydrogens (primary N) is 1. The van der Waals surface area contributed by atoms with Crippen LogP contribution in [0.2, 0.25) is 0 Å². The van der Waals surface area contributed by atoms with Gasteiger partial charge in [-0.05, 0) is 0 Å². The fourth-order valence-corrected chi connectivity index (χ4v) is 1.94. The molecule has 0 atom stereocenters. The molecule has 0 bridgehead atoms. The van der Waals surface area contributed by atoms with E-state index >= 15 is 0 Å². The largest absolute Gasteiger partial charge is 0.383 e. The predicted octanol–water partition coefficient (Wildman–Crippen LogP) is 0.587. The normalized spacial score (nSPS) is 17.6. The zero-order chi connectivity index (χ0) is 12.3. The van der Waals surface area contributed by atoms with Gasteiger partial charge < -0.3 is 11.1 Å². The van der Waals surface area contributed by atoms with E-state index in [1.54, 1.807) is 0 Å². The molecule has 1 aliphatic rings. The molecule has 1 aromatic rings. The van der Waals surface area contributed by atoms with Crippen molar-refractivity contribution in [2.24, 2.45) is 0 Å². The third kappa shape index (κ3) is 3.14. The molecule has 3 N–H and O–H groups in total. The van der Waals surface area contributed by atoms with E-state index < -0.39 is 0 Å². The minimum atomic E-state index is 0.325. The lowest BCUT2D eigenvalue weighted by atomic mass is 10.2. The second-order valence-electron chi connectivity index (χ2n) is 4.82. The Morgan fingerprint density at radius 2 is 2.12 bits per heavy atom. The number of hydrogen-bond donors (Lipinski definition) is 2. The fourth-order valence-electron chi connectivity index (χ4n) is 1.94. The molecule has 0 aliphatic carbocycles. The first kappa shape index (κ1) is 12.3. The smallest absolute Gasteiger partial charge is 0.133 e. The van der Waals surface area contributed by atoms with Crippen molar-refractivity contribution >= 4 is 5.82 Å². The number of nitrogens with zero attached hydrogens (tertiary/aromatic N) is 3. The van der Waals surface area contributed by atoms with Gasteiger partial charge >= 0.3 is 0 Å². The van der Waals surface area contributed by atoms with E-state index in [0.29, 0.717) is 11.7 Å². The van der Waals surface area contributed by atoms with Crippen molar-refractivity contribution in [1.29, 1.82) is 0 Å². The van der Waals surface area contributed by atoms with Crippen molar-refractivity contribution in [3.63, 3.8) is 0 Å². The molecule has 1 aliphatic heterocycles. The van der Waals surface area contributed by atoms with E-state index in [-0.39, 0.29) is 0 Å². The summed E-state index contributed by atoms with van der Waals surface area (Å²) in [7, 11) is 0. The summed E-state index contributed by atoms with van der Waals surface area (Å²) in [4.78, 5) is 11.1. The molecule has 0 amide bonds. The maximum Gasteiger partial charge on any atom is 0.133 e. The minimum absolute atomic E-state index is 0.325. The summed E-state index contributed by atoms with van der Waals surface area (Å²) in [6.07, 6.45) is 1.87. The molecular weight excluding hydrogens is 214 g/mol. The lowest BCUT2D eigenvalue weighted by molar-refractivity contribution is 0.233. The Kier molecular flexibility index (Phi) is 3.91. The van der Waals surface area contributed by atoms with Gasteiger partial charge in [-0.25, -0.2) is 9.97 Å². The highest BCUT2D eigenvalue weighted by atomic mass is 15.2. The van der Waals surface area contributed by atoms with Crippen LogP contribution in [0, 0.1) is 0 Å². The van der Waals surface area contributed by atoms with Crippen LogP contribution in [0.5, 0.6) is 0 Å². The molecule has 5 nitrogen and oxygen atoms in total. The monoisotopic (exact) mass is 235 g/mol. The molecule has 0 radical (unpaired) electrons. The first-order valence-electron chi connectivity index (χ1n) is 6.21. The van der Waals surface area contributed by atoms with E-state index in [4.69, 9.17) is 5.73 Å². The van der Waals surface area contributed by atoms with Crippen molar-refractivity contribution in [2.75, 3.05) is 31.9 Å². The van der Waals surface area contributed by atoms with E-state index in [0.717, 1.165) is 44.1 Å². The molecule has 2 heterocycles. The van der Waals surface area contributed by atoms with Crippen LogP contribution < -0.4 is 11.1 Å². The summed E-state index contributed by atoms with van der Waals surface area (Å²) in [5.74, 6) is 1.78. The minimum Gasteiger partial charge on any atom is -0.383 e. The quantitative estimate of drug-likeness (QED) is 0.802. The zero-order valence-electron chi connectivity index (χ0n) is 10.6. The van der Waals surface area contributed by atoms with Crippen LogP contribution in [-0.2, 0) is 6.54 Å². The Balaban J connectivity index is 2.05. The number of nitrogens with one attached hydrogen (secondary N) is 1. The van der Waals surface area contributed by atoms with Crippen LogP contribution in [0.4, 0.5) is 5.82 Å². The summed E-state index contributed by atoms with van der Waals surface area (Å²) in [5, 5.41) is 3.33. The average Bonchev–Trinajstić information content (AvgIpc) is 2.33. The number of anilines is 1. The number of nitrogen functional groups attached to an aromatic ring is 1. The summed E-state index contributed by atoms with van der Waals surface area (Å²) >= 11 is 0. The van der Waals surface area contributed by atoms with Crippen LogP contribution >= 0.6 is 0 Å². The van der Waals surface area contributed by atoms with Gasteiger partial charge in [0, 0.05) is 50.4 Å².